The number of hydrogen-bond donors (Lipinski definition) is 0. The average Bonchev–Trinajstić information content (AvgIpc) is 3.29. The fourth-order valence-electron chi connectivity index (χ4n) is 7.94. The van der Waals surface area contributed by atoms with Crippen LogP contribution in [0.4, 0.5) is 0 Å². The molecule has 4 heterocycles. The van der Waals surface area contributed by atoms with E-state index in [-0.39, 0.29) is 0 Å². The molecule has 1 aliphatic carbocycles. The maximum absolute atomic E-state index is 5.20. The van der Waals surface area contributed by atoms with Crippen LogP contribution in [0.3, 0.4) is 0 Å². The molecule has 0 radical (unpaired) electrons. The van der Waals surface area contributed by atoms with Gasteiger partial charge >= 0.3 is 0 Å². The highest BCUT2D eigenvalue weighted by atomic mass is 14.9. The minimum atomic E-state index is 0.574. The lowest BCUT2D eigenvalue weighted by molar-refractivity contribution is 0.985. The molecule has 0 aliphatic heterocycles. The summed E-state index contributed by atoms with van der Waals surface area (Å²) in [5.74, 6) is 0.574. The van der Waals surface area contributed by atoms with Crippen molar-refractivity contribution in [3.05, 3.63) is 205 Å². The van der Waals surface area contributed by atoms with Crippen LogP contribution in [0.5, 0.6) is 0 Å². The zero-order valence-corrected chi connectivity index (χ0v) is 31.7. The Balaban J connectivity index is 1.00. The van der Waals surface area contributed by atoms with Crippen LogP contribution in [-0.4, -0.2) is 31.5 Å². The molecule has 0 unspecified atom stereocenters. The molecule has 0 amide bonds. The van der Waals surface area contributed by atoms with E-state index >= 15 is 0 Å². The molecule has 0 bridgehead atoms. The van der Waals surface area contributed by atoms with E-state index in [1.54, 1.807) is 6.08 Å². The van der Waals surface area contributed by atoms with Crippen molar-refractivity contribution in [1.29, 1.82) is 0 Å². The molecule has 5 aromatic carbocycles. The van der Waals surface area contributed by atoms with Gasteiger partial charge in [-0.1, -0.05) is 122 Å². The first-order valence-electron chi connectivity index (χ1n) is 19.4. The van der Waals surface area contributed by atoms with E-state index in [2.05, 4.69) is 151 Å². The molecule has 0 spiro atoms. The molecular weight excluding hydrogens is 709 g/mol. The van der Waals surface area contributed by atoms with Crippen molar-refractivity contribution in [3.8, 4) is 22.3 Å². The van der Waals surface area contributed by atoms with E-state index < -0.39 is 0 Å². The Labute approximate surface area is 336 Å². The van der Waals surface area contributed by atoms with Crippen molar-refractivity contribution in [2.45, 2.75) is 12.8 Å². The highest BCUT2D eigenvalue weighted by Crippen LogP contribution is 2.33. The Bertz CT molecular complexity index is 3190. The van der Waals surface area contributed by atoms with Gasteiger partial charge in [0, 0.05) is 57.5 Å². The number of aryl methyl sites for hydroxylation is 1. The maximum atomic E-state index is 5.20. The summed E-state index contributed by atoms with van der Waals surface area (Å²) >= 11 is 0. The standard InChI is InChI=1S/C52H36N6/c1-3-47(38-19-17-37(18-20-38)44-27-31-56-51-46(44)25-23-40-11-7-29-54-49(40)51)58-52(42-21-14-35-8-4-5-9-41(35)32-42)57-33(2)34-12-15-36(16-13-34)43-26-30-55-50-45(43)24-22-39-10-6-28-53-48(39)50/h3-4,6-8,10-32H,1-2,5,9H2/b57-52-,58-47+. The number of aliphatic imine (C=N–C) groups is 2. The van der Waals surface area contributed by atoms with Gasteiger partial charge in [0.25, 0.3) is 0 Å². The average molecular weight is 745 g/mol. The van der Waals surface area contributed by atoms with Gasteiger partial charge in [-0.2, -0.15) is 0 Å². The van der Waals surface area contributed by atoms with Crippen LogP contribution in [0.2, 0.25) is 0 Å². The van der Waals surface area contributed by atoms with Crippen LogP contribution < -0.4 is 0 Å². The Morgan fingerprint density at radius 2 is 1.12 bits per heavy atom. The Morgan fingerprint density at radius 1 is 0.552 bits per heavy atom. The van der Waals surface area contributed by atoms with Gasteiger partial charge in [-0.3, -0.25) is 19.9 Å². The topological polar surface area (TPSA) is 76.3 Å². The summed E-state index contributed by atoms with van der Waals surface area (Å²) in [6.45, 7) is 8.62. The number of pyridine rings is 4. The van der Waals surface area contributed by atoms with Gasteiger partial charge in [0.05, 0.1) is 33.5 Å². The smallest absolute Gasteiger partial charge is 0.160 e. The molecule has 6 heteroatoms. The zero-order chi connectivity index (χ0) is 39.0. The summed E-state index contributed by atoms with van der Waals surface area (Å²) in [7, 11) is 0. The normalized spacial score (nSPS) is 13.0. The van der Waals surface area contributed by atoms with Gasteiger partial charge in [-0.15, -0.1) is 0 Å². The minimum absolute atomic E-state index is 0.574. The fourth-order valence-corrected chi connectivity index (χ4v) is 7.94. The SMILES string of the molecule is C=C/C(=N\C(=N/C(=C)c1ccc(-c2ccnc3c2ccc2cccnc23)cc1)c1ccc2c(c1)CCC=C2)c1ccc(-c2ccnc3c2ccc2cccnc23)cc1. The Morgan fingerprint density at radius 3 is 1.72 bits per heavy atom. The quantitative estimate of drug-likeness (QED) is 0.0925. The number of fused-ring (bicyclic) bond motifs is 7. The number of allylic oxidation sites excluding steroid dienone is 2. The van der Waals surface area contributed by atoms with Crippen LogP contribution in [-0.2, 0) is 6.42 Å². The third kappa shape index (κ3) is 6.36. The summed E-state index contributed by atoms with van der Waals surface area (Å²) in [5.41, 5.74) is 14.5. The molecule has 9 aromatic rings. The molecule has 1 aliphatic rings. The summed E-state index contributed by atoms with van der Waals surface area (Å²) in [5, 5.41) is 4.25. The maximum Gasteiger partial charge on any atom is 0.160 e. The minimum Gasteiger partial charge on any atom is -0.254 e. The Kier molecular flexibility index (Phi) is 8.84. The fraction of sp³-hybridized carbons (Fsp3) is 0.0385. The lowest BCUT2D eigenvalue weighted by atomic mass is 9.95. The number of benzene rings is 5. The van der Waals surface area contributed by atoms with E-state index in [0.29, 0.717) is 17.2 Å². The molecule has 6 nitrogen and oxygen atoms in total. The number of hydrogen-bond acceptors (Lipinski definition) is 5. The van der Waals surface area contributed by atoms with Crippen molar-refractivity contribution >= 4 is 66.9 Å². The van der Waals surface area contributed by atoms with Crippen LogP contribution in [0.25, 0.3) is 77.6 Å². The monoisotopic (exact) mass is 744 g/mol. The first kappa shape index (κ1) is 34.8. The van der Waals surface area contributed by atoms with E-state index in [0.717, 1.165) is 95.4 Å². The molecule has 10 rings (SSSR count). The number of rotatable bonds is 7. The highest BCUT2D eigenvalue weighted by molar-refractivity contribution is 6.18. The van der Waals surface area contributed by atoms with Crippen LogP contribution in [0.1, 0.15) is 34.2 Å². The van der Waals surface area contributed by atoms with Gasteiger partial charge in [0.15, 0.2) is 5.84 Å². The molecule has 0 N–H and O–H groups in total. The van der Waals surface area contributed by atoms with E-state index in [1.807, 2.05) is 36.9 Å². The summed E-state index contributed by atoms with van der Waals surface area (Å²) in [6, 6.07) is 43.9. The second-order valence-corrected chi connectivity index (χ2v) is 14.4. The van der Waals surface area contributed by atoms with Gasteiger partial charge in [0.1, 0.15) is 0 Å². The Hall–Kier alpha value is -7.70. The van der Waals surface area contributed by atoms with Crippen molar-refractivity contribution in [1.82, 2.24) is 19.9 Å². The summed E-state index contributed by atoms with van der Waals surface area (Å²) in [4.78, 5) is 29.0. The number of aromatic nitrogens is 4. The van der Waals surface area contributed by atoms with Crippen LogP contribution in [0.15, 0.2) is 187 Å². The third-order valence-electron chi connectivity index (χ3n) is 10.9. The summed E-state index contributed by atoms with van der Waals surface area (Å²) < 4.78 is 0. The van der Waals surface area contributed by atoms with Crippen molar-refractivity contribution in [3.63, 3.8) is 0 Å². The van der Waals surface area contributed by atoms with Crippen LogP contribution >= 0.6 is 0 Å². The first-order valence-corrected chi connectivity index (χ1v) is 19.4. The lowest BCUT2D eigenvalue weighted by Gasteiger charge is -2.14. The first-order chi connectivity index (χ1) is 28.6. The van der Waals surface area contributed by atoms with Gasteiger partial charge in [-0.05, 0) is 88.2 Å². The molecule has 0 fully saturated rings. The van der Waals surface area contributed by atoms with Gasteiger partial charge in [0.2, 0.25) is 0 Å². The molecule has 274 valence electrons. The van der Waals surface area contributed by atoms with E-state index in [4.69, 9.17) is 20.0 Å². The zero-order valence-electron chi connectivity index (χ0n) is 31.7. The molecule has 4 aromatic heterocycles. The molecule has 58 heavy (non-hydrogen) atoms. The van der Waals surface area contributed by atoms with Crippen LogP contribution in [0, 0.1) is 0 Å². The highest BCUT2D eigenvalue weighted by Gasteiger charge is 2.14. The molecule has 0 atom stereocenters. The summed E-state index contributed by atoms with van der Waals surface area (Å²) in [6.07, 6.45) is 15.5. The predicted octanol–water partition coefficient (Wildman–Crippen LogP) is 12.3. The van der Waals surface area contributed by atoms with Crippen molar-refractivity contribution in [2.75, 3.05) is 0 Å². The van der Waals surface area contributed by atoms with Crippen molar-refractivity contribution < 1.29 is 0 Å². The molecular formula is C52H36N6. The van der Waals surface area contributed by atoms with Crippen molar-refractivity contribution in [2.24, 2.45) is 9.98 Å². The molecule has 0 saturated carbocycles. The molecule has 0 saturated heterocycles. The van der Waals surface area contributed by atoms with Gasteiger partial charge in [-0.25, -0.2) is 9.98 Å². The van der Waals surface area contributed by atoms with E-state index in [9.17, 15) is 0 Å². The van der Waals surface area contributed by atoms with E-state index in [1.165, 1.54) is 11.1 Å². The third-order valence-corrected chi connectivity index (χ3v) is 10.9. The lowest BCUT2D eigenvalue weighted by Crippen LogP contribution is -2.07. The second-order valence-electron chi connectivity index (χ2n) is 14.4. The number of nitrogens with zero attached hydrogens (tertiary/aromatic N) is 6. The van der Waals surface area contributed by atoms with Gasteiger partial charge < -0.3 is 0 Å². The predicted molar refractivity (Wildman–Crippen MR) is 241 cm³/mol. The largest absolute Gasteiger partial charge is 0.254 e. The number of amidine groups is 1. The second kappa shape index (κ2) is 14.8.